The summed E-state index contributed by atoms with van der Waals surface area (Å²) in [5.41, 5.74) is 1.38. The molecule has 162 valence electrons. The SMILES string of the molecule is COc1ccc(C)cc1S(=O)(=O)N[C@@H](C)C(=O)Nc1ccccc1Sc1ccccc1. The maximum Gasteiger partial charge on any atom is 0.244 e. The van der Waals surface area contributed by atoms with Crippen LogP contribution in [0.1, 0.15) is 12.5 Å². The quantitative estimate of drug-likeness (QED) is 0.523. The fourth-order valence-electron chi connectivity index (χ4n) is 2.86. The molecular weight excluding hydrogens is 432 g/mol. The number of nitrogens with one attached hydrogen (secondary N) is 2. The van der Waals surface area contributed by atoms with E-state index in [1.165, 1.54) is 31.9 Å². The highest BCUT2D eigenvalue weighted by Gasteiger charge is 2.25. The Morgan fingerprint density at radius 3 is 2.39 bits per heavy atom. The summed E-state index contributed by atoms with van der Waals surface area (Å²) in [6.07, 6.45) is 0. The van der Waals surface area contributed by atoms with E-state index in [1.807, 2.05) is 48.5 Å². The topological polar surface area (TPSA) is 84.5 Å². The van der Waals surface area contributed by atoms with Crippen LogP contribution in [0.5, 0.6) is 5.75 Å². The molecule has 0 saturated carbocycles. The van der Waals surface area contributed by atoms with Crippen LogP contribution in [0.2, 0.25) is 0 Å². The number of carbonyl (C=O) groups excluding carboxylic acids is 1. The lowest BCUT2D eigenvalue weighted by Crippen LogP contribution is -2.41. The fourth-order valence-corrected chi connectivity index (χ4v) is 5.24. The Hall–Kier alpha value is -2.81. The number of para-hydroxylation sites is 1. The first-order chi connectivity index (χ1) is 14.8. The van der Waals surface area contributed by atoms with E-state index in [2.05, 4.69) is 10.0 Å². The van der Waals surface area contributed by atoms with E-state index in [0.717, 1.165) is 15.4 Å². The molecule has 31 heavy (non-hydrogen) atoms. The summed E-state index contributed by atoms with van der Waals surface area (Å²) < 4.78 is 33.3. The number of ether oxygens (including phenoxy) is 1. The van der Waals surface area contributed by atoms with Crippen molar-refractivity contribution in [2.75, 3.05) is 12.4 Å². The predicted octanol–water partition coefficient (Wildman–Crippen LogP) is 4.46. The highest BCUT2D eigenvalue weighted by molar-refractivity contribution is 7.99. The number of anilines is 1. The fraction of sp³-hybridized carbons (Fsp3) is 0.174. The van der Waals surface area contributed by atoms with Crippen molar-refractivity contribution in [1.29, 1.82) is 0 Å². The van der Waals surface area contributed by atoms with Crippen molar-refractivity contribution in [3.63, 3.8) is 0 Å². The minimum absolute atomic E-state index is 0.00492. The zero-order valence-electron chi connectivity index (χ0n) is 17.5. The van der Waals surface area contributed by atoms with Gasteiger partial charge in [-0.1, -0.05) is 48.2 Å². The molecule has 1 atom stereocenters. The Labute approximate surface area is 187 Å². The summed E-state index contributed by atoms with van der Waals surface area (Å²) in [6.45, 7) is 3.29. The normalized spacial score (nSPS) is 12.2. The summed E-state index contributed by atoms with van der Waals surface area (Å²) in [7, 11) is -2.56. The van der Waals surface area contributed by atoms with Gasteiger partial charge >= 0.3 is 0 Å². The largest absolute Gasteiger partial charge is 0.495 e. The highest BCUT2D eigenvalue weighted by Crippen LogP contribution is 2.33. The van der Waals surface area contributed by atoms with Crippen molar-refractivity contribution in [2.24, 2.45) is 0 Å². The maximum atomic E-state index is 12.9. The average molecular weight is 457 g/mol. The number of benzene rings is 3. The lowest BCUT2D eigenvalue weighted by Gasteiger charge is -2.17. The molecule has 0 aliphatic rings. The molecule has 3 aromatic rings. The second kappa shape index (κ2) is 10.00. The third-order valence-corrected chi connectivity index (χ3v) is 7.10. The average Bonchev–Trinajstić information content (AvgIpc) is 2.75. The third-order valence-electron chi connectivity index (χ3n) is 4.45. The second-order valence-corrected chi connectivity index (χ2v) is 9.70. The van der Waals surface area contributed by atoms with Gasteiger partial charge < -0.3 is 10.1 Å². The number of methoxy groups -OCH3 is 1. The van der Waals surface area contributed by atoms with E-state index < -0.39 is 22.0 Å². The molecule has 3 rings (SSSR count). The van der Waals surface area contributed by atoms with Crippen LogP contribution in [0.4, 0.5) is 5.69 Å². The van der Waals surface area contributed by atoms with Crippen LogP contribution < -0.4 is 14.8 Å². The first-order valence-corrected chi connectivity index (χ1v) is 11.9. The van der Waals surface area contributed by atoms with E-state index in [-0.39, 0.29) is 10.6 Å². The molecule has 0 heterocycles. The Morgan fingerprint density at radius 2 is 1.68 bits per heavy atom. The third kappa shape index (κ3) is 5.88. The van der Waals surface area contributed by atoms with Crippen molar-refractivity contribution in [3.05, 3.63) is 78.4 Å². The summed E-state index contributed by atoms with van der Waals surface area (Å²) in [4.78, 5) is 14.7. The van der Waals surface area contributed by atoms with Gasteiger partial charge in [0.25, 0.3) is 0 Å². The zero-order chi connectivity index (χ0) is 22.4. The van der Waals surface area contributed by atoms with Gasteiger partial charge in [0.1, 0.15) is 10.6 Å². The number of sulfonamides is 1. The van der Waals surface area contributed by atoms with Gasteiger partial charge in [0.15, 0.2) is 0 Å². The van der Waals surface area contributed by atoms with Crippen LogP contribution in [0.25, 0.3) is 0 Å². The monoisotopic (exact) mass is 456 g/mol. The van der Waals surface area contributed by atoms with Gasteiger partial charge in [-0.3, -0.25) is 4.79 Å². The summed E-state index contributed by atoms with van der Waals surface area (Å²) in [5.74, 6) is -0.244. The van der Waals surface area contributed by atoms with Gasteiger partial charge in [0, 0.05) is 9.79 Å². The molecule has 0 saturated heterocycles. The predicted molar refractivity (Wildman–Crippen MR) is 123 cm³/mol. The number of carbonyl (C=O) groups is 1. The molecule has 2 N–H and O–H groups in total. The molecular formula is C23H24N2O4S2. The van der Waals surface area contributed by atoms with Crippen LogP contribution in [0, 0.1) is 6.92 Å². The molecule has 6 nitrogen and oxygen atoms in total. The number of aryl methyl sites for hydroxylation is 1. The lowest BCUT2D eigenvalue weighted by atomic mass is 10.2. The summed E-state index contributed by atoms with van der Waals surface area (Å²) in [5, 5.41) is 2.83. The molecule has 0 fully saturated rings. The summed E-state index contributed by atoms with van der Waals surface area (Å²) in [6, 6.07) is 21.0. The van der Waals surface area contributed by atoms with Crippen LogP contribution in [0.3, 0.4) is 0 Å². The Kier molecular flexibility index (Phi) is 7.37. The van der Waals surface area contributed by atoms with Crippen LogP contribution in [0.15, 0.2) is 87.5 Å². The second-order valence-electron chi connectivity index (χ2n) is 6.90. The molecule has 0 aliphatic heterocycles. The van der Waals surface area contributed by atoms with Gasteiger partial charge in [-0.15, -0.1) is 0 Å². The smallest absolute Gasteiger partial charge is 0.244 e. The standard InChI is InChI=1S/C23H24N2O4S2/c1-16-13-14-20(29-3)22(15-16)31(27,28)25-17(2)23(26)24-19-11-7-8-12-21(19)30-18-9-5-4-6-10-18/h4-15,17,25H,1-3H3,(H,24,26)/t17-/m0/s1. The van der Waals surface area contributed by atoms with Crippen LogP contribution in [-0.4, -0.2) is 27.5 Å². The Morgan fingerprint density at radius 1 is 1.00 bits per heavy atom. The molecule has 0 aliphatic carbocycles. The van der Waals surface area contributed by atoms with Crippen molar-refractivity contribution in [2.45, 2.75) is 34.6 Å². The van der Waals surface area contributed by atoms with Crippen molar-refractivity contribution in [3.8, 4) is 5.75 Å². The van der Waals surface area contributed by atoms with Crippen LogP contribution in [-0.2, 0) is 14.8 Å². The molecule has 1 amide bonds. The van der Waals surface area contributed by atoms with Crippen molar-refractivity contribution in [1.82, 2.24) is 4.72 Å². The molecule has 0 radical (unpaired) electrons. The minimum Gasteiger partial charge on any atom is -0.495 e. The number of hydrogen-bond acceptors (Lipinski definition) is 5. The van der Waals surface area contributed by atoms with E-state index in [4.69, 9.17) is 4.74 Å². The van der Waals surface area contributed by atoms with Crippen LogP contribution >= 0.6 is 11.8 Å². The summed E-state index contributed by atoms with van der Waals surface area (Å²) >= 11 is 1.51. The molecule has 0 spiro atoms. The molecule has 0 aromatic heterocycles. The zero-order valence-corrected chi connectivity index (χ0v) is 19.1. The van der Waals surface area contributed by atoms with Crippen molar-refractivity contribution < 1.29 is 17.9 Å². The van der Waals surface area contributed by atoms with Gasteiger partial charge in [-0.25, -0.2) is 8.42 Å². The number of rotatable bonds is 8. The van der Waals surface area contributed by atoms with E-state index >= 15 is 0 Å². The maximum absolute atomic E-state index is 12.9. The van der Waals surface area contributed by atoms with E-state index in [9.17, 15) is 13.2 Å². The first kappa shape index (κ1) is 22.9. The lowest BCUT2D eigenvalue weighted by molar-refractivity contribution is -0.117. The Bertz CT molecular complexity index is 1170. The van der Waals surface area contributed by atoms with Gasteiger partial charge in [-0.2, -0.15) is 4.72 Å². The van der Waals surface area contributed by atoms with E-state index in [1.54, 1.807) is 25.1 Å². The van der Waals surface area contributed by atoms with Gasteiger partial charge in [0.05, 0.1) is 18.8 Å². The molecule has 3 aromatic carbocycles. The minimum atomic E-state index is -3.96. The van der Waals surface area contributed by atoms with Gasteiger partial charge in [0.2, 0.25) is 15.9 Å². The molecule has 0 bridgehead atoms. The number of hydrogen-bond donors (Lipinski definition) is 2. The van der Waals surface area contributed by atoms with E-state index in [0.29, 0.717) is 5.69 Å². The Balaban J connectivity index is 1.75. The molecule has 8 heteroatoms. The first-order valence-electron chi connectivity index (χ1n) is 9.60. The molecule has 0 unspecified atom stereocenters. The van der Waals surface area contributed by atoms with Crippen molar-refractivity contribution >= 4 is 33.4 Å². The van der Waals surface area contributed by atoms with Gasteiger partial charge in [-0.05, 0) is 55.8 Å². The highest BCUT2D eigenvalue weighted by atomic mass is 32.2. The number of amides is 1.